The van der Waals surface area contributed by atoms with E-state index < -0.39 is 5.38 Å². The normalized spacial score (nSPS) is 34.0. The molecule has 2 fully saturated rings. The van der Waals surface area contributed by atoms with Gasteiger partial charge in [0.15, 0.2) is 0 Å². The van der Waals surface area contributed by atoms with E-state index in [1.54, 1.807) is 6.92 Å². The van der Waals surface area contributed by atoms with E-state index in [9.17, 15) is 4.79 Å². The van der Waals surface area contributed by atoms with Crippen LogP contribution < -0.4 is 0 Å². The van der Waals surface area contributed by atoms with Gasteiger partial charge in [0, 0.05) is 25.6 Å². The third-order valence-corrected chi connectivity index (χ3v) is 3.39. The summed E-state index contributed by atoms with van der Waals surface area (Å²) in [4.78, 5) is 13.5. The molecular weight excluding hydrogens is 202 g/mol. The van der Waals surface area contributed by atoms with Crippen LogP contribution in [0.4, 0.5) is 0 Å². The van der Waals surface area contributed by atoms with Gasteiger partial charge in [0.1, 0.15) is 5.38 Å². The Kier molecular flexibility index (Phi) is 2.98. The number of fused-ring (bicyclic) bond motifs is 1. The largest absolute Gasteiger partial charge is 0.381 e. The number of rotatable bonds is 1. The average Bonchev–Trinajstić information content (AvgIpc) is 2.62. The van der Waals surface area contributed by atoms with Gasteiger partial charge in [0.05, 0.1) is 6.61 Å². The molecule has 1 amide bonds. The Morgan fingerprint density at radius 1 is 1.50 bits per heavy atom. The number of alkyl halides is 1. The number of carbonyl (C=O) groups is 1. The van der Waals surface area contributed by atoms with Crippen LogP contribution in [0.15, 0.2) is 0 Å². The van der Waals surface area contributed by atoms with Gasteiger partial charge in [-0.2, -0.15) is 0 Å². The number of likely N-dealkylation sites (tertiary alicyclic amines) is 1. The smallest absolute Gasteiger partial charge is 0.240 e. The monoisotopic (exact) mass is 217 g/mol. The summed E-state index contributed by atoms with van der Waals surface area (Å²) < 4.78 is 5.41. The van der Waals surface area contributed by atoms with E-state index in [2.05, 4.69) is 0 Å². The van der Waals surface area contributed by atoms with Crippen molar-refractivity contribution in [3.05, 3.63) is 0 Å². The lowest BCUT2D eigenvalue weighted by atomic mass is 9.88. The van der Waals surface area contributed by atoms with Crippen LogP contribution in [-0.2, 0) is 9.53 Å². The van der Waals surface area contributed by atoms with Gasteiger partial charge >= 0.3 is 0 Å². The highest BCUT2D eigenvalue weighted by Gasteiger charge is 2.35. The fourth-order valence-corrected chi connectivity index (χ4v) is 2.45. The minimum atomic E-state index is -0.395. The lowest BCUT2D eigenvalue weighted by Gasteiger charge is -2.34. The van der Waals surface area contributed by atoms with Gasteiger partial charge in [0.2, 0.25) is 5.91 Å². The number of carbonyl (C=O) groups excluding carboxylic acids is 1. The summed E-state index contributed by atoms with van der Waals surface area (Å²) in [6.45, 7) is 5.11. The second-order valence-electron chi connectivity index (χ2n) is 4.25. The number of hydrogen-bond donors (Lipinski definition) is 0. The molecule has 2 rings (SSSR count). The van der Waals surface area contributed by atoms with Crippen LogP contribution in [0.3, 0.4) is 0 Å². The highest BCUT2D eigenvalue weighted by molar-refractivity contribution is 6.30. The van der Waals surface area contributed by atoms with Crippen molar-refractivity contribution < 1.29 is 9.53 Å². The Hall–Kier alpha value is -0.280. The molecule has 2 heterocycles. The van der Waals surface area contributed by atoms with E-state index >= 15 is 0 Å². The molecule has 14 heavy (non-hydrogen) atoms. The Balaban J connectivity index is 1.94. The van der Waals surface area contributed by atoms with Gasteiger partial charge in [-0.15, -0.1) is 11.6 Å². The van der Waals surface area contributed by atoms with Crippen LogP contribution in [0.2, 0.25) is 0 Å². The first-order chi connectivity index (χ1) is 6.68. The first-order valence-electron chi connectivity index (χ1n) is 5.19. The van der Waals surface area contributed by atoms with Crippen molar-refractivity contribution in [2.75, 3.05) is 26.3 Å². The second-order valence-corrected chi connectivity index (χ2v) is 4.90. The second kappa shape index (κ2) is 4.07. The Labute approximate surface area is 89.4 Å². The molecule has 0 saturated carbocycles. The lowest BCUT2D eigenvalue weighted by Crippen LogP contribution is -2.45. The Morgan fingerprint density at radius 3 is 2.93 bits per heavy atom. The predicted octanol–water partition coefficient (Wildman–Crippen LogP) is 1.11. The van der Waals surface area contributed by atoms with E-state index in [0.717, 1.165) is 32.7 Å². The molecule has 4 heteroatoms. The number of halogens is 1. The number of piperidine rings is 1. The summed E-state index contributed by atoms with van der Waals surface area (Å²) in [5.41, 5.74) is 0. The topological polar surface area (TPSA) is 29.5 Å². The molecule has 0 bridgehead atoms. The van der Waals surface area contributed by atoms with Gasteiger partial charge < -0.3 is 9.64 Å². The van der Waals surface area contributed by atoms with E-state index in [0.29, 0.717) is 11.8 Å². The maximum Gasteiger partial charge on any atom is 0.240 e. The number of hydrogen-bond acceptors (Lipinski definition) is 2. The molecule has 0 aromatic carbocycles. The highest BCUT2D eigenvalue weighted by Crippen LogP contribution is 2.29. The van der Waals surface area contributed by atoms with Crippen LogP contribution in [0.1, 0.15) is 13.3 Å². The van der Waals surface area contributed by atoms with E-state index in [4.69, 9.17) is 16.3 Å². The SMILES string of the molecule is C[C@H](Cl)C(=O)N1CC[C@@H]2COC[C@@H]2C1. The first kappa shape index (κ1) is 10.2. The molecule has 80 valence electrons. The van der Waals surface area contributed by atoms with Gasteiger partial charge in [-0.05, 0) is 19.3 Å². The Bertz CT molecular complexity index is 232. The molecular formula is C10H16ClNO2. The maximum absolute atomic E-state index is 11.6. The zero-order valence-electron chi connectivity index (χ0n) is 8.41. The average molecular weight is 218 g/mol. The van der Waals surface area contributed by atoms with Gasteiger partial charge in [0.25, 0.3) is 0 Å². The zero-order valence-corrected chi connectivity index (χ0v) is 9.17. The summed E-state index contributed by atoms with van der Waals surface area (Å²) in [7, 11) is 0. The molecule has 0 radical (unpaired) electrons. The lowest BCUT2D eigenvalue weighted by molar-refractivity contribution is -0.132. The molecule has 3 atom stereocenters. The van der Waals surface area contributed by atoms with Gasteiger partial charge in [-0.3, -0.25) is 4.79 Å². The minimum absolute atomic E-state index is 0.0667. The third-order valence-electron chi connectivity index (χ3n) is 3.21. The fraction of sp³-hybridized carbons (Fsp3) is 0.900. The van der Waals surface area contributed by atoms with Crippen molar-refractivity contribution in [1.29, 1.82) is 0 Å². The molecule has 3 nitrogen and oxygen atoms in total. The van der Waals surface area contributed by atoms with E-state index in [1.807, 2.05) is 4.90 Å². The highest BCUT2D eigenvalue weighted by atomic mass is 35.5. The fourth-order valence-electron chi connectivity index (χ4n) is 2.31. The summed E-state index contributed by atoms with van der Waals surface area (Å²) >= 11 is 5.78. The predicted molar refractivity (Wildman–Crippen MR) is 54.3 cm³/mol. The molecule has 2 saturated heterocycles. The standard InChI is InChI=1S/C10H16ClNO2/c1-7(11)10(13)12-3-2-8-5-14-6-9(8)4-12/h7-9H,2-6H2,1H3/t7-,8+,9-/m0/s1. The zero-order chi connectivity index (χ0) is 10.1. The third kappa shape index (κ3) is 1.89. The number of nitrogens with zero attached hydrogens (tertiary/aromatic N) is 1. The molecule has 0 spiro atoms. The molecule has 0 N–H and O–H groups in total. The summed E-state index contributed by atoms with van der Waals surface area (Å²) in [5, 5.41) is -0.395. The molecule has 0 aliphatic carbocycles. The van der Waals surface area contributed by atoms with E-state index in [-0.39, 0.29) is 5.91 Å². The van der Waals surface area contributed by atoms with Crippen molar-refractivity contribution in [3.8, 4) is 0 Å². The Morgan fingerprint density at radius 2 is 2.21 bits per heavy atom. The van der Waals surface area contributed by atoms with Crippen LogP contribution in [-0.4, -0.2) is 42.5 Å². The molecule has 0 aromatic rings. The summed E-state index contributed by atoms with van der Waals surface area (Å²) in [6.07, 6.45) is 1.07. The van der Waals surface area contributed by atoms with Gasteiger partial charge in [-0.25, -0.2) is 0 Å². The quantitative estimate of drug-likeness (QED) is 0.616. The number of ether oxygens (including phenoxy) is 1. The van der Waals surface area contributed by atoms with E-state index in [1.165, 1.54) is 0 Å². The minimum Gasteiger partial charge on any atom is -0.381 e. The van der Waals surface area contributed by atoms with Crippen LogP contribution in [0.5, 0.6) is 0 Å². The van der Waals surface area contributed by atoms with Crippen LogP contribution >= 0.6 is 11.6 Å². The maximum atomic E-state index is 11.6. The summed E-state index contributed by atoms with van der Waals surface area (Å²) in [6, 6.07) is 0. The van der Waals surface area contributed by atoms with Crippen LogP contribution in [0.25, 0.3) is 0 Å². The molecule has 0 aromatic heterocycles. The number of amides is 1. The van der Waals surface area contributed by atoms with Crippen LogP contribution in [0, 0.1) is 11.8 Å². The van der Waals surface area contributed by atoms with Gasteiger partial charge in [-0.1, -0.05) is 0 Å². The van der Waals surface area contributed by atoms with Crippen molar-refractivity contribution in [1.82, 2.24) is 4.90 Å². The first-order valence-corrected chi connectivity index (χ1v) is 5.62. The summed E-state index contributed by atoms with van der Waals surface area (Å²) in [5.74, 6) is 1.28. The molecule has 0 unspecified atom stereocenters. The molecule has 2 aliphatic heterocycles. The molecule has 2 aliphatic rings. The van der Waals surface area contributed by atoms with Crippen molar-refractivity contribution in [3.63, 3.8) is 0 Å². The van der Waals surface area contributed by atoms with Crippen molar-refractivity contribution in [2.45, 2.75) is 18.7 Å². The van der Waals surface area contributed by atoms with Crippen molar-refractivity contribution >= 4 is 17.5 Å². The van der Waals surface area contributed by atoms with Crippen molar-refractivity contribution in [2.24, 2.45) is 11.8 Å².